The van der Waals surface area contributed by atoms with E-state index in [2.05, 4.69) is 0 Å². The highest BCUT2D eigenvalue weighted by Gasteiger charge is 2.16. The maximum absolute atomic E-state index is 12.7. The van der Waals surface area contributed by atoms with Gasteiger partial charge in [0.1, 0.15) is 5.75 Å². The minimum atomic E-state index is -0.0280. The highest BCUT2D eigenvalue weighted by molar-refractivity contribution is 5.94. The molecule has 1 amide bonds. The Morgan fingerprint density at radius 2 is 1.82 bits per heavy atom. The fourth-order valence-corrected chi connectivity index (χ4v) is 2.20. The predicted molar refractivity (Wildman–Crippen MR) is 86.1 cm³/mol. The molecule has 0 aliphatic rings. The molecule has 0 spiro atoms. The molecular weight excluding hydrogens is 278 g/mol. The predicted octanol–water partition coefficient (Wildman–Crippen LogP) is 2.98. The van der Waals surface area contributed by atoms with Gasteiger partial charge in [0, 0.05) is 25.8 Å². The zero-order valence-electron chi connectivity index (χ0n) is 13.0. The Morgan fingerprint density at radius 3 is 2.50 bits per heavy atom. The zero-order chi connectivity index (χ0) is 15.8. The molecule has 0 atom stereocenters. The highest BCUT2D eigenvalue weighted by atomic mass is 16.5. The van der Waals surface area contributed by atoms with E-state index in [4.69, 9.17) is 9.47 Å². The van der Waals surface area contributed by atoms with Crippen molar-refractivity contribution in [3.63, 3.8) is 0 Å². The molecule has 0 aliphatic carbocycles. The molecule has 0 fully saturated rings. The van der Waals surface area contributed by atoms with E-state index in [-0.39, 0.29) is 5.91 Å². The molecule has 0 aliphatic heterocycles. The largest absolute Gasteiger partial charge is 0.497 e. The summed E-state index contributed by atoms with van der Waals surface area (Å²) in [6, 6.07) is 17.1. The number of amides is 1. The maximum atomic E-state index is 12.7. The van der Waals surface area contributed by atoms with Gasteiger partial charge in [0.05, 0.1) is 13.7 Å². The number of carbonyl (C=O) groups excluding carboxylic acids is 1. The minimum absolute atomic E-state index is 0.0280. The molecule has 2 aromatic rings. The first-order valence-corrected chi connectivity index (χ1v) is 7.21. The lowest BCUT2D eigenvalue weighted by molar-refractivity contribution is 0.0680. The third-order valence-corrected chi connectivity index (χ3v) is 3.39. The van der Waals surface area contributed by atoms with Crippen LogP contribution >= 0.6 is 0 Å². The second-order valence-electron chi connectivity index (χ2n) is 4.94. The lowest BCUT2D eigenvalue weighted by Gasteiger charge is -2.23. The second kappa shape index (κ2) is 8.20. The van der Waals surface area contributed by atoms with Crippen LogP contribution in [0.25, 0.3) is 0 Å². The van der Waals surface area contributed by atoms with Gasteiger partial charge in [-0.2, -0.15) is 0 Å². The average Bonchev–Trinajstić information content (AvgIpc) is 2.59. The normalized spacial score (nSPS) is 10.3. The summed E-state index contributed by atoms with van der Waals surface area (Å²) in [5.41, 5.74) is 1.71. The van der Waals surface area contributed by atoms with Crippen molar-refractivity contribution in [2.24, 2.45) is 0 Å². The van der Waals surface area contributed by atoms with E-state index < -0.39 is 0 Å². The van der Waals surface area contributed by atoms with Crippen LogP contribution in [0, 0.1) is 0 Å². The van der Waals surface area contributed by atoms with E-state index in [1.165, 1.54) is 0 Å². The molecule has 0 heterocycles. The number of ether oxygens (including phenoxy) is 2. The third-order valence-electron chi connectivity index (χ3n) is 3.39. The fraction of sp³-hybridized carbons (Fsp3) is 0.278. The van der Waals surface area contributed by atoms with Crippen LogP contribution in [0.5, 0.6) is 5.75 Å². The Morgan fingerprint density at radius 1 is 1.05 bits per heavy atom. The summed E-state index contributed by atoms with van der Waals surface area (Å²) in [5, 5.41) is 0. The van der Waals surface area contributed by atoms with Crippen molar-refractivity contribution in [2.75, 3.05) is 27.4 Å². The lowest BCUT2D eigenvalue weighted by Crippen LogP contribution is -2.33. The van der Waals surface area contributed by atoms with Crippen molar-refractivity contribution in [1.29, 1.82) is 0 Å². The average molecular weight is 299 g/mol. The van der Waals surface area contributed by atoms with Gasteiger partial charge in [0.2, 0.25) is 0 Å². The Bertz CT molecular complexity index is 598. The molecule has 0 bridgehead atoms. The van der Waals surface area contributed by atoms with Gasteiger partial charge in [0.15, 0.2) is 0 Å². The van der Waals surface area contributed by atoms with Crippen LogP contribution in [0.1, 0.15) is 15.9 Å². The van der Waals surface area contributed by atoms with Crippen LogP contribution in [-0.4, -0.2) is 38.2 Å². The Labute approximate surface area is 131 Å². The molecular formula is C18H21NO3. The summed E-state index contributed by atoms with van der Waals surface area (Å²) >= 11 is 0. The summed E-state index contributed by atoms with van der Waals surface area (Å²) in [4.78, 5) is 14.5. The molecule has 2 aromatic carbocycles. The summed E-state index contributed by atoms with van der Waals surface area (Å²) in [7, 11) is 3.23. The van der Waals surface area contributed by atoms with Crippen molar-refractivity contribution < 1.29 is 14.3 Å². The Hall–Kier alpha value is -2.33. The number of benzene rings is 2. The molecule has 0 saturated carbocycles. The zero-order valence-corrected chi connectivity index (χ0v) is 13.0. The van der Waals surface area contributed by atoms with Crippen LogP contribution < -0.4 is 4.74 Å². The minimum Gasteiger partial charge on any atom is -0.497 e. The first kappa shape index (κ1) is 16.0. The number of hydrogen-bond donors (Lipinski definition) is 0. The lowest BCUT2D eigenvalue weighted by atomic mass is 10.1. The van der Waals surface area contributed by atoms with Crippen molar-refractivity contribution in [1.82, 2.24) is 4.90 Å². The van der Waals surface area contributed by atoms with Gasteiger partial charge in [-0.15, -0.1) is 0 Å². The quantitative estimate of drug-likeness (QED) is 0.789. The number of hydrogen-bond acceptors (Lipinski definition) is 3. The molecule has 0 saturated heterocycles. The van der Waals surface area contributed by atoms with Crippen LogP contribution in [0.2, 0.25) is 0 Å². The van der Waals surface area contributed by atoms with Gasteiger partial charge in [-0.05, 0) is 23.8 Å². The van der Waals surface area contributed by atoms with Crippen LogP contribution in [0.4, 0.5) is 0 Å². The van der Waals surface area contributed by atoms with Crippen molar-refractivity contribution in [3.05, 3.63) is 65.7 Å². The second-order valence-corrected chi connectivity index (χ2v) is 4.94. The number of rotatable bonds is 7. The summed E-state index contributed by atoms with van der Waals surface area (Å²) < 4.78 is 10.3. The molecule has 0 unspecified atom stereocenters. The van der Waals surface area contributed by atoms with Crippen LogP contribution in [0.15, 0.2) is 54.6 Å². The van der Waals surface area contributed by atoms with Crippen molar-refractivity contribution >= 4 is 5.91 Å². The van der Waals surface area contributed by atoms with Gasteiger partial charge in [-0.3, -0.25) is 4.79 Å². The van der Waals surface area contributed by atoms with Gasteiger partial charge in [0.25, 0.3) is 5.91 Å². The topological polar surface area (TPSA) is 38.8 Å². The summed E-state index contributed by atoms with van der Waals surface area (Å²) in [5.74, 6) is 0.650. The van der Waals surface area contributed by atoms with Gasteiger partial charge >= 0.3 is 0 Å². The van der Waals surface area contributed by atoms with E-state index in [9.17, 15) is 4.79 Å². The molecule has 4 nitrogen and oxygen atoms in total. The molecule has 22 heavy (non-hydrogen) atoms. The molecule has 0 aromatic heterocycles. The van der Waals surface area contributed by atoms with E-state index >= 15 is 0 Å². The Balaban J connectivity index is 2.18. The molecule has 4 heteroatoms. The molecule has 0 N–H and O–H groups in total. The van der Waals surface area contributed by atoms with Crippen LogP contribution in [0.3, 0.4) is 0 Å². The summed E-state index contributed by atoms with van der Waals surface area (Å²) in [6.45, 7) is 1.60. The Kier molecular flexibility index (Phi) is 5.98. The number of methoxy groups -OCH3 is 2. The first-order chi connectivity index (χ1) is 10.7. The van der Waals surface area contributed by atoms with Crippen LogP contribution in [-0.2, 0) is 11.3 Å². The molecule has 116 valence electrons. The van der Waals surface area contributed by atoms with Gasteiger partial charge in [-0.1, -0.05) is 36.4 Å². The highest BCUT2D eigenvalue weighted by Crippen LogP contribution is 2.16. The van der Waals surface area contributed by atoms with Crippen molar-refractivity contribution in [3.8, 4) is 5.75 Å². The van der Waals surface area contributed by atoms with Gasteiger partial charge < -0.3 is 14.4 Å². The SMILES string of the molecule is COCCN(Cc1ccccc1)C(=O)c1cccc(OC)c1. The number of carbonyl (C=O) groups is 1. The van der Waals surface area contributed by atoms with E-state index in [1.54, 1.807) is 31.3 Å². The number of nitrogens with zero attached hydrogens (tertiary/aromatic N) is 1. The molecule has 0 radical (unpaired) electrons. The van der Waals surface area contributed by atoms with E-state index in [1.807, 2.05) is 42.5 Å². The summed E-state index contributed by atoms with van der Waals surface area (Å²) in [6.07, 6.45) is 0. The monoisotopic (exact) mass is 299 g/mol. The van der Waals surface area contributed by atoms with Crippen molar-refractivity contribution in [2.45, 2.75) is 6.54 Å². The van der Waals surface area contributed by atoms with E-state index in [0.29, 0.717) is 31.0 Å². The van der Waals surface area contributed by atoms with Gasteiger partial charge in [-0.25, -0.2) is 0 Å². The maximum Gasteiger partial charge on any atom is 0.254 e. The third kappa shape index (κ3) is 4.33. The first-order valence-electron chi connectivity index (χ1n) is 7.21. The standard InChI is InChI=1S/C18H21NO3/c1-21-12-11-19(14-15-7-4-3-5-8-15)18(20)16-9-6-10-17(13-16)22-2/h3-10,13H,11-12,14H2,1-2H3. The molecule has 2 rings (SSSR count). The smallest absolute Gasteiger partial charge is 0.254 e. The fourth-order valence-electron chi connectivity index (χ4n) is 2.20. The van der Waals surface area contributed by atoms with E-state index in [0.717, 1.165) is 5.56 Å².